The fraction of sp³-hybridized carbons (Fsp3) is 0.471. The molecule has 4 heterocycles. The molecule has 0 spiro atoms. The first-order chi connectivity index (χ1) is 11.2. The van der Waals surface area contributed by atoms with E-state index in [1.165, 1.54) is 29.1 Å². The lowest BCUT2D eigenvalue weighted by Crippen LogP contribution is -2.32. The smallest absolute Gasteiger partial charge is 0.155 e. The Morgan fingerprint density at radius 3 is 2.83 bits per heavy atom. The van der Waals surface area contributed by atoms with Crippen molar-refractivity contribution in [3.63, 3.8) is 0 Å². The van der Waals surface area contributed by atoms with Gasteiger partial charge in [0.05, 0.1) is 17.4 Å². The number of piperidine rings is 1. The summed E-state index contributed by atoms with van der Waals surface area (Å²) >= 11 is 1.77. The van der Waals surface area contributed by atoms with Crippen LogP contribution in [-0.4, -0.2) is 37.6 Å². The predicted octanol–water partition coefficient (Wildman–Crippen LogP) is 3.18. The Bertz CT molecular complexity index is 813. The summed E-state index contributed by atoms with van der Waals surface area (Å²) in [4.78, 5) is 13.1. The molecular formula is C17H21N5S. The van der Waals surface area contributed by atoms with E-state index in [0.29, 0.717) is 5.92 Å². The zero-order chi connectivity index (χ0) is 15.8. The number of nitrogens with zero attached hydrogens (tertiary/aromatic N) is 5. The number of thiazole rings is 1. The van der Waals surface area contributed by atoms with E-state index in [4.69, 9.17) is 4.98 Å². The van der Waals surface area contributed by atoms with Gasteiger partial charge in [-0.3, -0.25) is 4.90 Å². The van der Waals surface area contributed by atoms with E-state index in [1.54, 1.807) is 11.3 Å². The monoisotopic (exact) mass is 327 g/mol. The standard InChI is InChI=1S/C17H21N5S/c1-12-9-15(20-17-3-6-19-22(12)17)14-4-7-21(8-5-14)10-16-13(2)18-11-23-16/h3,6,9,11,14H,4-5,7-8,10H2,1-2H3. The minimum atomic E-state index is 0.562. The van der Waals surface area contributed by atoms with Gasteiger partial charge in [0, 0.05) is 34.8 Å². The van der Waals surface area contributed by atoms with Gasteiger partial charge in [-0.2, -0.15) is 5.10 Å². The second-order valence-electron chi connectivity index (χ2n) is 6.33. The van der Waals surface area contributed by atoms with Crippen molar-refractivity contribution < 1.29 is 0 Å². The third-order valence-electron chi connectivity index (χ3n) is 4.78. The highest BCUT2D eigenvalue weighted by Crippen LogP contribution is 2.29. The molecule has 0 aromatic carbocycles. The highest BCUT2D eigenvalue weighted by atomic mass is 32.1. The van der Waals surface area contributed by atoms with Crippen molar-refractivity contribution in [2.24, 2.45) is 0 Å². The van der Waals surface area contributed by atoms with Crippen LogP contribution in [0.3, 0.4) is 0 Å². The van der Waals surface area contributed by atoms with E-state index >= 15 is 0 Å². The van der Waals surface area contributed by atoms with Crippen LogP contribution in [0, 0.1) is 13.8 Å². The molecular weight excluding hydrogens is 306 g/mol. The normalized spacial score (nSPS) is 17.1. The molecule has 1 aliphatic heterocycles. The maximum absolute atomic E-state index is 4.81. The second-order valence-corrected chi connectivity index (χ2v) is 7.27. The molecule has 120 valence electrons. The number of aryl methyl sites for hydroxylation is 2. The summed E-state index contributed by atoms with van der Waals surface area (Å²) in [5, 5.41) is 4.31. The lowest BCUT2D eigenvalue weighted by atomic mass is 9.93. The molecule has 0 amide bonds. The van der Waals surface area contributed by atoms with E-state index in [2.05, 4.69) is 34.9 Å². The van der Waals surface area contributed by atoms with Crippen LogP contribution >= 0.6 is 11.3 Å². The molecule has 0 saturated carbocycles. The maximum atomic E-state index is 4.81. The van der Waals surface area contributed by atoms with E-state index in [-0.39, 0.29) is 0 Å². The van der Waals surface area contributed by atoms with Crippen LogP contribution < -0.4 is 0 Å². The summed E-state index contributed by atoms with van der Waals surface area (Å²) < 4.78 is 1.91. The van der Waals surface area contributed by atoms with Crippen LogP contribution in [0.1, 0.15) is 40.7 Å². The Morgan fingerprint density at radius 1 is 1.26 bits per heavy atom. The number of hydrogen-bond acceptors (Lipinski definition) is 5. The van der Waals surface area contributed by atoms with Gasteiger partial charge in [-0.1, -0.05) is 0 Å². The molecule has 0 aliphatic carbocycles. The Hall–Kier alpha value is -1.79. The van der Waals surface area contributed by atoms with Crippen LogP contribution in [0.25, 0.3) is 5.65 Å². The molecule has 1 aliphatic rings. The largest absolute Gasteiger partial charge is 0.298 e. The minimum absolute atomic E-state index is 0.562. The van der Waals surface area contributed by atoms with Crippen molar-refractivity contribution in [2.75, 3.05) is 13.1 Å². The third-order valence-corrected chi connectivity index (χ3v) is 5.70. The summed E-state index contributed by atoms with van der Waals surface area (Å²) in [6.45, 7) is 7.51. The fourth-order valence-electron chi connectivity index (χ4n) is 3.37. The number of fused-ring (bicyclic) bond motifs is 1. The van der Waals surface area contributed by atoms with E-state index in [1.807, 2.05) is 22.3 Å². The summed E-state index contributed by atoms with van der Waals surface area (Å²) in [6, 6.07) is 4.19. The second kappa shape index (κ2) is 6.02. The summed E-state index contributed by atoms with van der Waals surface area (Å²) in [5.41, 5.74) is 6.48. The van der Waals surface area contributed by atoms with Gasteiger partial charge >= 0.3 is 0 Å². The Labute approximate surface area is 140 Å². The van der Waals surface area contributed by atoms with Crippen LogP contribution in [0.2, 0.25) is 0 Å². The number of aromatic nitrogens is 4. The molecule has 4 rings (SSSR count). The van der Waals surface area contributed by atoms with E-state index < -0.39 is 0 Å². The van der Waals surface area contributed by atoms with Crippen molar-refractivity contribution in [1.29, 1.82) is 0 Å². The summed E-state index contributed by atoms with van der Waals surface area (Å²) in [7, 11) is 0. The highest BCUT2D eigenvalue weighted by Gasteiger charge is 2.23. The number of likely N-dealkylation sites (tertiary alicyclic amines) is 1. The average Bonchev–Trinajstić information content (AvgIpc) is 3.18. The van der Waals surface area contributed by atoms with Crippen molar-refractivity contribution in [3.8, 4) is 0 Å². The van der Waals surface area contributed by atoms with E-state index in [9.17, 15) is 0 Å². The molecule has 23 heavy (non-hydrogen) atoms. The quantitative estimate of drug-likeness (QED) is 0.741. The molecule has 6 heteroatoms. The molecule has 0 radical (unpaired) electrons. The van der Waals surface area contributed by atoms with Crippen LogP contribution in [0.15, 0.2) is 23.8 Å². The topological polar surface area (TPSA) is 46.3 Å². The minimum Gasteiger partial charge on any atom is -0.298 e. The first kappa shape index (κ1) is 14.8. The van der Waals surface area contributed by atoms with Crippen molar-refractivity contribution in [3.05, 3.63) is 45.8 Å². The van der Waals surface area contributed by atoms with Gasteiger partial charge in [-0.05, 0) is 45.8 Å². The Morgan fingerprint density at radius 2 is 2.09 bits per heavy atom. The molecule has 3 aromatic heterocycles. The van der Waals surface area contributed by atoms with Crippen LogP contribution in [0.5, 0.6) is 0 Å². The Balaban J connectivity index is 1.45. The number of rotatable bonds is 3. The summed E-state index contributed by atoms with van der Waals surface area (Å²) in [6.07, 6.45) is 4.17. The van der Waals surface area contributed by atoms with Gasteiger partial charge in [-0.25, -0.2) is 14.5 Å². The molecule has 5 nitrogen and oxygen atoms in total. The first-order valence-electron chi connectivity index (χ1n) is 8.13. The van der Waals surface area contributed by atoms with Crippen LogP contribution in [0.4, 0.5) is 0 Å². The molecule has 0 atom stereocenters. The van der Waals surface area contributed by atoms with E-state index in [0.717, 1.165) is 31.0 Å². The lowest BCUT2D eigenvalue weighted by molar-refractivity contribution is 0.204. The van der Waals surface area contributed by atoms with Gasteiger partial charge in [0.25, 0.3) is 0 Å². The van der Waals surface area contributed by atoms with Gasteiger partial charge in [0.2, 0.25) is 0 Å². The molecule has 1 saturated heterocycles. The SMILES string of the molecule is Cc1ncsc1CN1CCC(c2cc(C)n3nccc3n2)CC1. The Kier molecular flexibility index (Phi) is 3.87. The van der Waals surface area contributed by atoms with Gasteiger partial charge in [-0.15, -0.1) is 11.3 Å². The van der Waals surface area contributed by atoms with Crippen molar-refractivity contribution >= 4 is 17.0 Å². The third kappa shape index (κ3) is 2.88. The summed E-state index contributed by atoms with van der Waals surface area (Å²) in [5.74, 6) is 0.562. The highest BCUT2D eigenvalue weighted by molar-refractivity contribution is 7.09. The molecule has 0 N–H and O–H groups in total. The lowest BCUT2D eigenvalue weighted by Gasteiger charge is -2.31. The fourth-order valence-corrected chi connectivity index (χ4v) is 4.19. The van der Waals surface area contributed by atoms with Gasteiger partial charge in [0.15, 0.2) is 5.65 Å². The molecule has 0 bridgehead atoms. The van der Waals surface area contributed by atoms with Crippen LogP contribution in [-0.2, 0) is 6.54 Å². The van der Waals surface area contributed by atoms with Gasteiger partial charge < -0.3 is 0 Å². The predicted molar refractivity (Wildman–Crippen MR) is 91.8 cm³/mol. The van der Waals surface area contributed by atoms with Gasteiger partial charge in [0.1, 0.15) is 0 Å². The zero-order valence-corrected chi connectivity index (χ0v) is 14.4. The van der Waals surface area contributed by atoms with Crippen molar-refractivity contribution in [2.45, 2.75) is 39.2 Å². The molecule has 1 fully saturated rings. The number of hydrogen-bond donors (Lipinski definition) is 0. The zero-order valence-electron chi connectivity index (χ0n) is 13.6. The van der Waals surface area contributed by atoms with Crippen molar-refractivity contribution in [1.82, 2.24) is 24.5 Å². The average molecular weight is 327 g/mol. The first-order valence-corrected chi connectivity index (χ1v) is 9.01. The molecule has 0 unspecified atom stereocenters. The molecule has 3 aromatic rings. The maximum Gasteiger partial charge on any atom is 0.155 e.